The van der Waals surface area contributed by atoms with Gasteiger partial charge in [-0.05, 0) is 49.2 Å². The summed E-state index contributed by atoms with van der Waals surface area (Å²) in [5.41, 5.74) is 0.423. The minimum Gasteiger partial charge on any atom is -0.489 e. The molecule has 1 heterocycles. The van der Waals surface area contributed by atoms with E-state index in [1.165, 1.54) is 24.3 Å². The lowest BCUT2D eigenvalue weighted by Gasteiger charge is -2.31. The minimum atomic E-state index is -0.917. The number of halogens is 3. The quantitative estimate of drug-likeness (QED) is 0.651. The van der Waals surface area contributed by atoms with Crippen molar-refractivity contribution in [2.75, 3.05) is 26.2 Å². The van der Waals surface area contributed by atoms with E-state index < -0.39 is 11.9 Å². The van der Waals surface area contributed by atoms with E-state index >= 15 is 0 Å². The first kappa shape index (κ1) is 23.3. The molecular weight excluding hydrogens is 446 g/mol. The number of amides is 2. The van der Waals surface area contributed by atoms with Crippen molar-refractivity contribution >= 4 is 35.0 Å². The van der Waals surface area contributed by atoms with Crippen molar-refractivity contribution in [3.8, 4) is 5.75 Å². The molecule has 2 aromatic rings. The highest BCUT2D eigenvalue weighted by atomic mass is 35.5. The van der Waals surface area contributed by atoms with Gasteiger partial charge in [-0.3, -0.25) is 9.59 Å². The molecule has 2 aromatic carbocycles. The number of ether oxygens (including phenoxy) is 1. The average molecular weight is 469 g/mol. The van der Waals surface area contributed by atoms with E-state index in [0.29, 0.717) is 42.3 Å². The van der Waals surface area contributed by atoms with Crippen LogP contribution in [0.4, 0.5) is 4.39 Å². The number of hydrogen-bond donors (Lipinski definition) is 2. The molecule has 1 fully saturated rings. The molecule has 1 aliphatic heterocycles. The minimum absolute atomic E-state index is 0.0335. The predicted molar refractivity (Wildman–Crippen MR) is 116 cm³/mol. The molecule has 0 spiro atoms. The molecule has 6 nitrogen and oxygen atoms in total. The Bertz CT molecular complexity index is 918. The maximum atomic E-state index is 13.0. The van der Waals surface area contributed by atoms with Crippen LogP contribution in [0.25, 0.3) is 0 Å². The SMILES string of the molecule is O=C(NCC(O)COc1cccc(Cl)c1Cl)C1CCN(C(=O)c2ccc(F)cc2)CC1. The number of piperidine rings is 1. The molecule has 3 rings (SSSR count). The van der Waals surface area contributed by atoms with Crippen LogP contribution in [0.3, 0.4) is 0 Å². The van der Waals surface area contributed by atoms with E-state index in [4.69, 9.17) is 27.9 Å². The number of aliphatic hydroxyl groups excluding tert-OH is 1. The lowest BCUT2D eigenvalue weighted by molar-refractivity contribution is -0.126. The normalized spacial score (nSPS) is 15.4. The van der Waals surface area contributed by atoms with Gasteiger partial charge in [0.2, 0.25) is 5.91 Å². The van der Waals surface area contributed by atoms with Crippen LogP contribution in [0, 0.1) is 11.7 Å². The summed E-state index contributed by atoms with van der Waals surface area (Å²) in [6.45, 7) is 0.858. The molecule has 1 unspecified atom stereocenters. The van der Waals surface area contributed by atoms with E-state index in [-0.39, 0.29) is 35.9 Å². The van der Waals surface area contributed by atoms with Crippen LogP contribution in [0.2, 0.25) is 10.0 Å². The number of carbonyl (C=O) groups is 2. The van der Waals surface area contributed by atoms with Gasteiger partial charge in [0.25, 0.3) is 5.91 Å². The number of nitrogens with one attached hydrogen (secondary N) is 1. The third-order valence-electron chi connectivity index (χ3n) is 5.10. The van der Waals surface area contributed by atoms with Crippen molar-refractivity contribution in [1.82, 2.24) is 10.2 Å². The maximum Gasteiger partial charge on any atom is 0.253 e. The molecular formula is C22H23Cl2FN2O4. The molecule has 1 saturated heterocycles. The Morgan fingerprint density at radius 2 is 1.84 bits per heavy atom. The molecule has 0 bridgehead atoms. The number of hydrogen-bond acceptors (Lipinski definition) is 4. The molecule has 0 saturated carbocycles. The fraction of sp³-hybridized carbons (Fsp3) is 0.364. The Morgan fingerprint density at radius 1 is 1.16 bits per heavy atom. The van der Waals surface area contributed by atoms with Gasteiger partial charge >= 0.3 is 0 Å². The second kappa shape index (κ2) is 10.8. The van der Waals surface area contributed by atoms with E-state index in [1.807, 2.05) is 0 Å². The monoisotopic (exact) mass is 468 g/mol. The Hall–Kier alpha value is -2.35. The summed E-state index contributed by atoms with van der Waals surface area (Å²) in [6, 6.07) is 10.4. The first-order valence-corrected chi connectivity index (χ1v) is 10.7. The third-order valence-corrected chi connectivity index (χ3v) is 5.91. The van der Waals surface area contributed by atoms with Crippen molar-refractivity contribution in [1.29, 1.82) is 0 Å². The van der Waals surface area contributed by atoms with Crippen LogP contribution in [0.5, 0.6) is 5.75 Å². The Labute approximate surface area is 189 Å². The highest BCUT2D eigenvalue weighted by Crippen LogP contribution is 2.31. The molecule has 31 heavy (non-hydrogen) atoms. The molecule has 166 valence electrons. The van der Waals surface area contributed by atoms with Crippen molar-refractivity contribution < 1.29 is 23.8 Å². The van der Waals surface area contributed by atoms with Gasteiger partial charge in [-0.15, -0.1) is 0 Å². The fourth-order valence-corrected chi connectivity index (χ4v) is 3.67. The number of aliphatic hydroxyl groups is 1. The molecule has 0 radical (unpaired) electrons. The topological polar surface area (TPSA) is 78.9 Å². The predicted octanol–water partition coefficient (Wildman–Crippen LogP) is 3.54. The summed E-state index contributed by atoms with van der Waals surface area (Å²) < 4.78 is 18.5. The Balaban J connectivity index is 1.40. The first-order chi connectivity index (χ1) is 14.8. The molecule has 2 N–H and O–H groups in total. The van der Waals surface area contributed by atoms with Crippen molar-refractivity contribution in [2.45, 2.75) is 18.9 Å². The molecule has 2 amide bonds. The van der Waals surface area contributed by atoms with Gasteiger partial charge in [-0.2, -0.15) is 0 Å². The van der Waals surface area contributed by atoms with Crippen LogP contribution in [-0.2, 0) is 4.79 Å². The van der Waals surface area contributed by atoms with Gasteiger partial charge in [0.1, 0.15) is 29.3 Å². The molecule has 9 heteroatoms. The van der Waals surface area contributed by atoms with Crippen LogP contribution in [0.1, 0.15) is 23.2 Å². The van der Waals surface area contributed by atoms with Gasteiger partial charge in [0.15, 0.2) is 0 Å². The number of carbonyl (C=O) groups excluding carboxylic acids is 2. The zero-order valence-electron chi connectivity index (χ0n) is 16.7. The van der Waals surface area contributed by atoms with Gasteiger partial charge in [0, 0.05) is 31.1 Å². The summed E-state index contributed by atoms with van der Waals surface area (Å²) in [6.07, 6.45) is 0.117. The van der Waals surface area contributed by atoms with E-state index in [0.717, 1.165) is 0 Å². The summed E-state index contributed by atoms with van der Waals surface area (Å²) in [7, 11) is 0. The highest BCUT2D eigenvalue weighted by molar-refractivity contribution is 6.42. The highest BCUT2D eigenvalue weighted by Gasteiger charge is 2.28. The van der Waals surface area contributed by atoms with Crippen molar-refractivity contribution in [3.05, 3.63) is 63.9 Å². The summed E-state index contributed by atoms with van der Waals surface area (Å²) >= 11 is 12.0. The standard InChI is InChI=1S/C22H23Cl2FN2O4/c23-18-2-1-3-19(20(18)24)31-13-17(28)12-26-21(29)14-8-10-27(11-9-14)22(30)15-4-6-16(25)7-5-15/h1-7,14,17,28H,8-13H2,(H,26,29). The van der Waals surface area contributed by atoms with Crippen LogP contribution >= 0.6 is 23.2 Å². The molecule has 1 aliphatic rings. The van der Waals surface area contributed by atoms with Gasteiger partial charge in [0.05, 0.1) is 5.02 Å². The van der Waals surface area contributed by atoms with E-state index in [1.54, 1.807) is 23.1 Å². The van der Waals surface area contributed by atoms with Gasteiger partial charge < -0.3 is 20.1 Å². The summed E-state index contributed by atoms with van der Waals surface area (Å²) in [5, 5.41) is 13.4. The maximum absolute atomic E-state index is 13.0. The zero-order chi connectivity index (χ0) is 22.4. The second-order valence-corrected chi connectivity index (χ2v) is 8.12. The Kier molecular flexibility index (Phi) is 8.12. The van der Waals surface area contributed by atoms with Gasteiger partial charge in [-0.25, -0.2) is 4.39 Å². The second-order valence-electron chi connectivity index (χ2n) is 7.34. The van der Waals surface area contributed by atoms with Crippen molar-refractivity contribution in [3.63, 3.8) is 0 Å². The van der Waals surface area contributed by atoms with E-state index in [2.05, 4.69) is 5.32 Å². The smallest absolute Gasteiger partial charge is 0.253 e. The largest absolute Gasteiger partial charge is 0.489 e. The third kappa shape index (κ3) is 6.32. The average Bonchev–Trinajstić information content (AvgIpc) is 2.78. The van der Waals surface area contributed by atoms with Crippen molar-refractivity contribution in [2.24, 2.45) is 5.92 Å². The van der Waals surface area contributed by atoms with Crippen LogP contribution in [-0.4, -0.2) is 54.2 Å². The summed E-state index contributed by atoms with van der Waals surface area (Å²) in [4.78, 5) is 26.5. The number of benzene rings is 2. The lowest BCUT2D eigenvalue weighted by Crippen LogP contribution is -2.44. The van der Waals surface area contributed by atoms with Crippen LogP contribution < -0.4 is 10.1 Å². The number of likely N-dealkylation sites (tertiary alicyclic amines) is 1. The van der Waals surface area contributed by atoms with E-state index in [9.17, 15) is 19.1 Å². The Morgan fingerprint density at radius 3 is 2.52 bits per heavy atom. The molecule has 0 aromatic heterocycles. The fourth-order valence-electron chi connectivity index (χ4n) is 3.32. The number of rotatable bonds is 7. The summed E-state index contributed by atoms with van der Waals surface area (Å²) in [5.74, 6) is -0.625. The first-order valence-electron chi connectivity index (χ1n) is 9.92. The van der Waals surface area contributed by atoms with Crippen LogP contribution in [0.15, 0.2) is 42.5 Å². The van der Waals surface area contributed by atoms with Gasteiger partial charge in [-0.1, -0.05) is 29.3 Å². The molecule has 1 atom stereocenters. The number of nitrogens with zero attached hydrogens (tertiary/aromatic N) is 1. The zero-order valence-corrected chi connectivity index (χ0v) is 18.2. The lowest BCUT2D eigenvalue weighted by atomic mass is 9.95. The molecule has 0 aliphatic carbocycles.